The van der Waals surface area contributed by atoms with Gasteiger partial charge in [0.25, 0.3) is 5.91 Å². The third kappa shape index (κ3) is 4.70. The van der Waals surface area contributed by atoms with Crippen molar-refractivity contribution in [1.82, 2.24) is 4.98 Å². The summed E-state index contributed by atoms with van der Waals surface area (Å²) in [6.07, 6.45) is 0.865. The number of fused-ring (bicyclic) bond motifs is 1. The molecule has 0 saturated carbocycles. The summed E-state index contributed by atoms with van der Waals surface area (Å²) < 4.78 is 11.8. The predicted octanol–water partition coefficient (Wildman–Crippen LogP) is 6.05. The van der Waals surface area contributed by atoms with Gasteiger partial charge in [-0.2, -0.15) is 0 Å². The van der Waals surface area contributed by atoms with E-state index in [9.17, 15) is 4.79 Å². The second-order valence-electron chi connectivity index (χ2n) is 7.48. The predicted molar refractivity (Wildman–Crippen MR) is 126 cm³/mol. The number of hydrogen-bond acceptors (Lipinski definition) is 5. The summed E-state index contributed by atoms with van der Waals surface area (Å²) in [6, 6.07) is 13.3. The highest BCUT2D eigenvalue weighted by Gasteiger charge is 2.33. The zero-order chi connectivity index (χ0) is 22.0. The minimum atomic E-state index is -0.459. The molecule has 31 heavy (non-hydrogen) atoms. The zero-order valence-electron chi connectivity index (χ0n) is 17.9. The summed E-state index contributed by atoms with van der Waals surface area (Å²) in [7, 11) is 0. The number of anilines is 1. The summed E-state index contributed by atoms with van der Waals surface area (Å²) in [6.45, 7) is 7.09. The van der Waals surface area contributed by atoms with Gasteiger partial charge in [-0.05, 0) is 69.2 Å². The number of carbonyl (C=O) groups excluding carboxylic acids is 1. The van der Waals surface area contributed by atoms with Crippen LogP contribution in [0.25, 0.3) is 11.3 Å². The van der Waals surface area contributed by atoms with E-state index in [1.165, 1.54) is 0 Å². The Kier molecular flexibility index (Phi) is 6.49. The van der Waals surface area contributed by atoms with E-state index >= 15 is 0 Å². The summed E-state index contributed by atoms with van der Waals surface area (Å²) in [5.74, 6) is 1.49. The first-order valence-electron chi connectivity index (χ1n) is 10.4. The van der Waals surface area contributed by atoms with E-state index in [-0.39, 0.29) is 5.91 Å². The highest BCUT2D eigenvalue weighted by atomic mass is 35.5. The maximum atomic E-state index is 13.1. The molecule has 2 heterocycles. The largest absolute Gasteiger partial charge is 0.494 e. The Bertz CT molecular complexity index is 1080. The number of aryl methyl sites for hydroxylation is 2. The number of nitrogens with zero attached hydrogens (tertiary/aromatic N) is 2. The normalized spacial score (nSPS) is 15.5. The second-order valence-corrected chi connectivity index (χ2v) is 9.32. The number of rotatable bonds is 7. The molecule has 0 spiro atoms. The second kappa shape index (κ2) is 9.28. The molecule has 4 rings (SSSR count). The number of benzene rings is 2. The minimum absolute atomic E-state index is 0.00942. The van der Waals surface area contributed by atoms with Crippen LogP contribution >= 0.6 is 22.9 Å². The van der Waals surface area contributed by atoms with Gasteiger partial charge in [-0.3, -0.25) is 4.79 Å². The van der Waals surface area contributed by atoms with Crippen molar-refractivity contribution in [2.75, 3.05) is 18.1 Å². The van der Waals surface area contributed by atoms with Crippen LogP contribution in [-0.4, -0.2) is 30.1 Å². The van der Waals surface area contributed by atoms with Crippen LogP contribution in [0.3, 0.4) is 0 Å². The Balaban J connectivity index is 1.53. The van der Waals surface area contributed by atoms with Gasteiger partial charge >= 0.3 is 0 Å². The van der Waals surface area contributed by atoms with Crippen LogP contribution in [0.5, 0.6) is 11.5 Å². The molecule has 0 bridgehead atoms. The monoisotopic (exact) mass is 456 g/mol. The average Bonchev–Trinajstić information content (AvgIpc) is 3.11. The molecular weight excluding hydrogens is 432 g/mol. The number of amides is 1. The fraction of sp³-hybridized carbons (Fsp3) is 0.333. The van der Waals surface area contributed by atoms with Gasteiger partial charge in [0, 0.05) is 22.0 Å². The molecule has 0 saturated heterocycles. The average molecular weight is 457 g/mol. The molecule has 162 valence electrons. The van der Waals surface area contributed by atoms with Gasteiger partial charge in [0.1, 0.15) is 11.5 Å². The number of thiazole rings is 1. The fourth-order valence-corrected chi connectivity index (χ4v) is 4.67. The Morgan fingerprint density at radius 1 is 1.19 bits per heavy atom. The number of hydrogen-bond donors (Lipinski definition) is 0. The van der Waals surface area contributed by atoms with E-state index in [2.05, 4.69) is 11.9 Å². The van der Waals surface area contributed by atoms with E-state index in [4.69, 9.17) is 21.1 Å². The summed E-state index contributed by atoms with van der Waals surface area (Å²) in [5.41, 5.74) is 2.75. The van der Waals surface area contributed by atoms with Gasteiger partial charge in [0.2, 0.25) is 0 Å². The van der Waals surface area contributed by atoms with Gasteiger partial charge in [0.05, 0.1) is 23.0 Å². The number of ether oxygens (including phenoxy) is 2. The highest BCUT2D eigenvalue weighted by molar-refractivity contribution is 7.11. The van der Waals surface area contributed by atoms with E-state index in [0.717, 1.165) is 38.3 Å². The summed E-state index contributed by atoms with van der Waals surface area (Å²) >= 11 is 7.59. The van der Waals surface area contributed by atoms with Crippen molar-refractivity contribution in [1.29, 1.82) is 0 Å². The SMILES string of the molecule is CCC1Oc2ccc(-c3nc(C)sc3C)cc2N(CCCOc2ccc(Cl)cc2)C1=O. The molecule has 1 aliphatic heterocycles. The fourth-order valence-electron chi connectivity index (χ4n) is 3.70. The molecule has 3 aromatic rings. The Morgan fingerprint density at radius 3 is 2.65 bits per heavy atom. The van der Waals surface area contributed by atoms with Crippen molar-refractivity contribution in [2.45, 2.75) is 39.7 Å². The van der Waals surface area contributed by atoms with Gasteiger partial charge in [-0.25, -0.2) is 4.98 Å². The van der Waals surface area contributed by atoms with Gasteiger partial charge in [0.15, 0.2) is 6.10 Å². The molecule has 2 aromatic carbocycles. The smallest absolute Gasteiger partial charge is 0.268 e. The molecule has 0 radical (unpaired) electrons. The lowest BCUT2D eigenvalue weighted by Crippen LogP contribution is -2.46. The molecule has 5 nitrogen and oxygen atoms in total. The molecule has 7 heteroatoms. The van der Waals surface area contributed by atoms with Crippen molar-refractivity contribution in [3.05, 3.63) is 57.4 Å². The van der Waals surface area contributed by atoms with E-state index in [1.54, 1.807) is 23.5 Å². The molecule has 1 aromatic heterocycles. The first kappa shape index (κ1) is 21.7. The van der Waals surface area contributed by atoms with Crippen LogP contribution < -0.4 is 14.4 Å². The molecule has 1 atom stereocenters. The number of halogens is 1. The third-order valence-electron chi connectivity index (χ3n) is 5.22. The molecule has 1 aliphatic rings. The maximum Gasteiger partial charge on any atom is 0.268 e. The van der Waals surface area contributed by atoms with Gasteiger partial charge < -0.3 is 14.4 Å². The Morgan fingerprint density at radius 2 is 1.97 bits per heavy atom. The lowest BCUT2D eigenvalue weighted by Gasteiger charge is -2.34. The topological polar surface area (TPSA) is 51.7 Å². The standard InChI is InChI=1S/C24H25ClN2O3S/c1-4-21-24(28)27(12-5-13-29-19-9-7-18(25)8-10-19)20-14-17(6-11-22(20)30-21)23-15(2)31-16(3)26-23/h6-11,14,21H,4-5,12-13H2,1-3H3. The minimum Gasteiger partial charge on any atom is -0.494 e. The molecular formula is C24H25ClN2O3S. The molecule has 0 N–H and O–H groups in total. The Labute approximate surface area is 191 Å². The summed E-state index contributed by atoms with van der Waals surface area (Å²) in [5, 5.41) is 1.70. The van der Waals surface area contributed by atoms with Crippen molar-refractivity contribution in [3.63, 3.8) is 0 Å². The zero-order valence-corrected chi connectivity index (χ0v) is 19.4. The third-order valence-corrected chi connectivity index (χ3v) is 6.35. The van der Waals surface area contributed by atoms with Crippen molar-refractivity contribution < 1.29 is 14.3 Å². The number of aromatic nitrogens is 1. The van der Waals surface area contributed by atoms with Crippen LogP contribution in [0.4, 0.5) is 5.69 Å². The van der Waals surface area contributed by atoms with Crippen LogP contribution in [0.15, 0.2) is 42.5 Å². The van der Waals surface area contributed by atoms with E-state index in [0.29, 0.717) is 31.0 Å². The van der Waals surface area contributed by atoms with E-state index in [1.807, 2.05) is 49.1 Å². The quantitative estimate of drug-likeness (QED) is 0.406. The van der Waals surface area contributed by atoms with Crippen molar-refractivity contribution >= 4 is 34.5 Å². The Hall–Kier alpha value is -2.57. The van der Waals surface area contributed by atoms with Gasteiger partial charge in [-0.15, -0.1) is 11.3 Å². The van der Waals surface area contributed by atoms with Crippen molar-refractivity contribution in [2.24, 2.45) is 0 Å². The molecule has 0 aliphatic carbocycles. The van der Waals surface area contributed by atoms with Crippen LogP contribution in [-0.2, 0) is 4.79 Å². The lowest BCUT2D eigenvalue weighted by atomic mass is 10.1. The summed E-state index contributed by atoms with van der Waals surface area (Å²) in [4.78, 5) is 20.7. The first-order chi connectivity index (χ1) is 15.0. The first-order valence-corrected chi connectivity index (χ1v) is 11.6. The van der Waals surface area contributed by atoms with Crippen LogP contribution in [0.1, 0.15) is 29.7 Å². The van der Waals surface area contributed by atoms with Crippen LogP contribution in [0, 0.1) is 13.8 Å². The van der Waals surface area contributed by atoms with Gasteiger partial charge in [-0.1, -0.05) is 18.5 Å². The molecule has 0 fully saturated rings. The molecule has 1 unspecified atom stereocenters. The lowest BCUT2D eigenvalue weighted by molar-refractivity contribution is -0.126. The highest BCUT2D eigenvalue weighted by Crippen LogP contribution is 2.39. The van der Waals surface area contributed by atoms with Crippen molar-refractivity contribution in [3.8, 4) is 22.8 Å². The van der Waals surface area contributed by atoms with Crippen LogP contribution in [0.2, 0.25) is 5.02 Å². The van der Waals surface area contributed by atoms with E-state index < -0.39 is 6.10 Å². The molecule has 1 amide bonds. The maximum absolute atomic E-state index is 13.1. The number of carbonyl (C=O) groups is 1.